The first-order valence-corrected chi connectivity index (χ1v) is 7.66. The Hall–Kier alpha value is 0.260. The van der Waals surface area contributed by atoms with Gasteiger partial charge in [-0.1, -0.05) is 11.6 Å². The first-order valence-electron chi connectivity index (χ1n) is 5.48. The van der Waals surface area contributed by atoms with Gasteiger partial charge in [0.05, 0.1) is 4.34 Å². The predicted molar refractivity (Wildman–Crippen MR) is 74.2 cm³/mol. The number of hydrogen-bond donors (Lipinski definition) is 2. The molecule has 1 aliphatic heterocycles. The van der Waals surface area contributed by atoms with Crippen molar-refractivity contribution in [3.05, 3.63) is 21.3 Å². The SMILES string of the molecule is CC1(C(Cc2ccc(Cl)s2)NN)CCCS1. The Kier molecular flexibility index (Phi) is 4.19. The van der Waals surface area contributed by atoms with Crippen LogP contribution in [0.15, 0.2) is 12.1 Å². The highest BCUT2D eigenvalue weighted by molar-refractivity contribution is 8.00. The lowest BCUT2D eigenvalue weighted by molar-refractivity contribution is 0.407. The summed E-state index contributed by atoms with van der Waals surface area (Å²) < 4.78 is 1.13. The molecule has 5 heteroatoms. The smallest absolute Gasteiger partial charge is 0.0931 e. The van der Waals surface area contributed by atoms with Gasteiger partial charge in [0.15, 0.2) is 0 Å². The molecule has 1 fully saturated rings. The minimum atomic E-state index is 0.269. The van der Waals surface area contributed by atoms with Gasteiger partial charge < -0.3 is 0 Å². The molecule has 0 saturated carbocycles. The molecule has 0 spiro atoms. The fraction of sp³-hybridized carbons (Fsp3) is 0.636. The van der Waals surface area contributed by atoms with Gasteiger partial charge in [0.1, 0.15) is 0 Å². The summed E-state index contributed by atoms with van der Waals surface area (Å²) in [4.78, 5) is 1.31. The highest BCUT2D eigenvalue weighted by atomic mass is 35.5. The van der Waals surface area contributed by atoms with Crippen LogP contribution in [-0.2, 0) is 6.42 Å². The van der Waals surface area contributed by atoms with E-state index in [9.17, 15) is 0 Å². The van der Waals surface area contributed by atoms with Gasteiger partial charge >= 0.3 is 0 Å². The molecule has 0 aromatic carbocycles. The monoisotopic (exact) mass is 276 g/mol. The van der Waals surface area contributed by atoms with Gasteiger partial charge in [-0.15, -0.1) is 11.3 Å². The van der Waals surface area contributed by atoms with E-state index in [4.69, 9.17) is 17.4 Å². The van der Waals surface area contributed by atoms with Gasteiger partial charge in [-0.3, -0.25) is 11.3 Å². The lowest BCUT2D eigenvalue weighted by Gasteiger charge is -2.32. The van der Waals surface area contributed by atoms with Crippen LogP contribution in [0.4, 0.5) is 0 Å². The first-order chi connectivity index (χ1) is 7.64. The molecule has 2 rings (SSSR count). The van der Waals surface area contributed by atoms with Crippen LogP contribution in [0.25, 0.3) is 0 Å². The van der Waals surface area contributed by atoms with E-state index >= 15 is 0 Å². The molecular weight excluding hydrogens is 260 g/mol. The summed E-state index contributed by atoms with van der Waals surface area (Å²) in [6.45, 7) is 2.31. The van der Waals surface area contributed by atoms with Crippen molar-refractivity contribution in [1.29, 1.82) is 0 Å². The molecule has 2 unspecified atom stereocenters. The zero-order chi connectivity index (χ0) is 11.6. The second kappa shape index (κ2) is 5.27. The first kappa shape index (κ1) is 12.7. The van der Waals surface area contributed by atoms with Crippen molar-refractivity contribution in [2.45, 2.75) is 37.0 Å². The average Bonchev–Trinajstić information content (AvgIpc) is 2.85. The third kappa shape index (κ3) is 2.74. The maximum absolute atomic E-state index is 5.94. The summed E-state index contributed by atoms with van der Waals surface area (Å²) in [6.07, 6.45) is 3.51. The van der Waals surface area contributed by atoms with E-state index in [1.54, 1.807) is 11.3 Å². The Morgan fingerprint density at radius 1 is 1.62 bits per heavy atom. The highest BCUT2D eigenvalue weighted by Crippen LogP contribution is 2.41. The van der Waals surface area contributed by atoms with E-state index in [0.29, 0.717) is 6.04 Å². The number of rotatable bonds is 4. The predicted octanol–water partition coefficient (Wildman–Crippen LogP) is 3.06. The van der Waals surface area contributed by atoms with Gasteiger partial charge in [-0.2, -0.15) is 11.8 Å². The molecule has 3 N–H and O–H groups in total. The normalized spacial score (nSPS) is 27.2. The van der Waals surface area contributed by atoms with Crippen LogP contribution in [0, 0.1) is 0 Å². The molecule has 1 aromatic rings. The standard InChI is InChI=1S/C11H17ClN2S2/c1-11(5-2-6-15-11)9(14-13)7-8-3-4-10(12)16-8/h3-4,9,14H,2,5-7,13H2,1H3. The van der Waals surface area contributed by atoms with Crippen molar-refractivity contribution < 1.29 is 0 Å². The number of hydrazine groups is 1. The topological polar surface area (TPSA) is 38.0 Å². The Bertz CT molecular complexity index is 348. The van der Waals surface area contributed by atoms with Crippen LogP contribution in [0.1, 0.15) is 24.6 Å². The van der Waals surface area contributed by atoms with E-state index in [1.165, 1.54) is 23.5 Å². The minimum absolute atomic E-state index is 0.269. The summed E-state index contributed by atoms with van der Waals surface area (Å²) in [7, 11) is 0. The second-order valence-electron chi connectivity index (χ2n) is 4.39. The molecule has 90 valence electrons. The van der Waals surface area contributed by atoms with Crippen LogP contribution in [0.5, 0.6) is 0 Å². The summed E-state index contributed by atoms with van der Waals surface area (Å²) in [5.74, 6) is 6.95. The number of thioether (sulfide) groups is 1. The van der Waals surface area contributed by atoms with Crippen LogP contribution < -0.4 is 11.3 Å². The van der Waals surface area contributed by atoms with Crippen LogP contribution >= 0.6 is 34.7 Å². The summed E-state index contributed by atoms with van der Waals surface area (Å²) >= 11 is 9.63. The zero-order valence-corrected chi connectivity index (χ0v) is 11.7. The largest absolute Gasteiger partial charge is 0.271 e. The number of halogens is 1. The van der Waals surface area contributed by atoms with Crippen molar-refractivity contribution in [2.24, 2.45) is 5.84 Å². The molecule has 0 aliphatic carbocycles. The fourth-order valence-electron chi connectivity index (χ4n) is 2.19. The van der Waals surface area contributed by atoms with Crippen molar-refractivity contribution >= 4 is 34.7 Å². The van der Waals surface area contributed by atoms with E-state index in [-0.39, 0.29) is 4.75 Å². The van der Waals surface area contributed by atoms with E-state index < -0.39 is 0 Å². The molecule has 2 heterocycles. The van der Waals surface area contributed by atoms with Crippen LogP contribution in [0.2, 0.25) is 4.34 Å². The highest BCUT2D eigenvalue weighted by Gasteiger charge is 2.37. The maximum Gasteiger partial charge on any atom is 0.0931 e. The number of thiophene rings is 1. The molecule has 0 amide bonds. The second-order valence-corrected chi connectivity index (χ2v) is 7.82. The Morgan fingerprint density at radius 2 is 2.44 bits per heavy atom. The Balaban J connectivity index is 2.05. The molecule has 1 saturated heterocycles. The lowest BCUT2D eigenvalue weighted by Crippen LogP contribution is -2.49. The Labute approximate surface area is 110 Å². The fourth-order valence-corrected chi connectivity index (χ4v) is 4.72. The lowest BCUT2D eigenvalue weighted by atomic mass is 9.93. The van der Waals surface area contributed by atoms with Crippen LogP contribution in [0.3, 0.4) is 0 Å². The minimum Gasteiger partial charge on any atom is -0.271 e. The maximum atomic E-state index is 5.94. The van der Waals surface area contributed by atoms with Gasteiger partial charge in [-0.05, 0) is 44.1 Å². The van der Waals surface area contributed by atoms with Crippen molar-refractivity contribution in [3.63, 3.8) is 0 Å². The van der Waals surface area contributed by atoms with E-state index in [0.717, 1.165) is 10.8 Å². The molecule has 0 radical (unpaired) electrons. The zero-order valence-electron chi connectivity index (χ0n) is 9.33. The molecule has 2 atom stereocenters. The van der Waals surface area contributed by atoms with Gasteiger partial charge in [0.2, 0.25) is 0 Å². The summed E-state index contributed by atoms with van der Waals surface area (Å²) in [6, 6.07) is 4.38. The average molecular weight is 277 g/mol. The molecule has 16 heavy (non-hydrogen) atoms. The van der Waals surface area contributed by atoms with Gasteiger partial charge in [0.25, 0.3) is 0 Å². The van der Waals surface area contributed by atoms with Crippen LogP contribution in [-0.4, -0.2) is 16.5 Å². The van der Waals surface area contributed by atoms with E-state index in [2.05, 4.69) is 18.4 Å². The van der Waals surface area contributed by atoms with Gasteiger partial charge in [-0.25, -0.2) is 0 Å². The summed E-state index contributed by atoms with van der Waals surface area (Å²) in [5, 5.41) is 0. The molecule has 2 nitrogen and oxygen atoms in total. The third-order valence-electron chi connectivity index (χ3n) is 3.22. The summed E-state index contributed by atoms with van der Waals surface area (Å²) in [5.41, 5.74) is 2.98. The number of nitrogens with one attached hydrogen (secondary N) is 1. The molecular formula is C11H17ClN2S2. The molecule has 1 aliphatic rings. The number of nitrogens with two attached hydrogens (primary N) is 1. The quantitative estimate of drug-likeness (QED) is 0.656. The third-order valence-corrected chi connectivity index (χ3v) is 6.12. The van der Waals surface area contributed by atoms with Crippen molar-refractivity contribution in [3.8, 4) is 0 Å². The molecule has 0 bridgehead atoms. The molecule has 1 aromatic heterocycles. The number of hydrogen-bond acceptors (Lipinski definition) is 4. The van der Waals surface area contributed by atoms with Crippen molar-refractivity contribution in [2.75, 3.05) is 5.75 Å². The van der Waals surface area contributed by atoms with Crippen molar-refractivity contribution in [1.82, 2.24) is 5.43 Å². The Morgan fingerprint density at radius 3 is 2.94 bits per heavy atom. The van der Waals surface area contributed by atoms with E-state index in [1.807, 2.05) is 17.8 Å². The van der Waals surface area contributed by atoms with Gasteiger partial charge in [0, 0.05) is 15.7 Å².